The fraction of sp³-hybridized carbons (Fsp3) is 0.545. The van der Waals surface area contributed by atoms with E-state index in [0.29, 0.717) is 11.8 Å². The lowest BCUT2D eigenvalue weighted by Crippen LogP contribution is -2.48. The predicted molar refractivity (Wildman–Crippen MR) is 105 cm³/mol. The van der Waals surface area contributed by atoms with E-state index in [4.69, 9.17) is 4.98 Å². The van der Waals surface area contributed by atoms with Gasteiger partial charge in [-0.15, -0.1) is 11.3 Å². The molecular formula is C22H26N2OS. The number of benzene rings is 1. The number of carbonyl (C=O) groups is 1. The van der Waals surface area contributed by atoms with Crippen LogP contribution in [-0.4, -0.2) is 10.9 Å². The van der Waals surface area contributed by atoms with Crippen LogP contribution < -0.4 is 5.32 Å². The third kappa shape index (κ3) is 2.98. The topological polar surface area (TPSA) is 42.0 Å². The number of carbonyl (C=O) groups excluding carboxylic acids is 1. The van der Waals surface area contributed by atoms with Crippen LogP contribution in [0.15, 0.2) is 29.6 Å². The first kappa shape index (κ1) is 16.5. The maximum atomic E-state index is 12.4. The Balaban J connectivity index is 1.29. The van der Waals surface area contributed by atoms with Crippen molar-refractivity contribution < 1.29 is 4.79 Å². The molecule has 4 heteroatoms. The Labute approximate surface area is 159 Å². The summed E-state index contributed by atoms with van der Waals surface area (Å²) in [6.45, 7) is 2.04. The fourth-order valence-corrected chi connectivity index (χ4v) is 7.04. The predicted octanol–water partition coefficient (Wildman–Crippen LogP) is 5.10. The van der Waals surface area contributed by atoms with Crippen molar-refractivity contribution in [2.45, 2.75) is 57.3 Å². The van der Waals surface area contributed by atoms with Gasteiger partial charge < -0.3 is 5.32 Å². The Bertz CT molecular complexity index is 805. The highest BCUT2D eigenvalue weighted by Gasteiger charge is 2.52. The van der Waals surface area contributed by atoms with E-state index < -0.39 is 0 Å². The average molecular weight is 367 g/mol. The van der Waals surface area contributed by atoms with Crippen molar-refractivity contribution in [3.05, 3.63) is 45.9 Å². The maximum Gasteiger partial charge on any atom is 0.231 e. The van der Waals surface area contributed by atoms with E-state index in [0.717, 1.165) is 34.0 Å². The summed E-state index contributed by atoms with van der Waals surface area (Å²) in [7, 11) is 0. The van der Waals surface area contributed by atoms with Gasteiger partial charge in [0, 0.05) is 16.5 Å². The van der Waals surface area contributed by atoms with Gasteiger partial charge in [-0.1, -0.05) is 12.1 Å². The molecule has 4 aliphatic carbocycles. The molecule has 1 aromatic carbocycles. The number of nitrogens with one attached hydrogen (secondary N) is 1. The Kier molecular flexibility index (Phi) is 3.93. The first-order valence-electron chi connectivity index (χ1n) is 9.89. The third-order valence-electron chi connectivity index (χ3n) is 6.75. The van der Waals surface area contributed by atoms with Gasteiger partial charge in [0.05, 0.1) is 12.1 Å². The van der Waals surface area contributed by atoms with Crippen molar-refractivity contribution in [3.63, 3.8) is 0 Å². The van der Waals surface area contributed by atoms with Crippen molar-refractivity contribution in [1.82, 2.24) is 4.98 Å². The van der Waals surface area contributed by atoms with Crippen LogP contribution in [0, 0.1) is 24.7 Å². The zero-order chi connectivity index (χ0) is 17.7. The lowest BCUT2D eigenvalue weighted by Gasteiger charge is -2.56. The third-order valence-corrected chi connectivity index (χ3v) is 7.60. The molecular weight excluding hydrogens is 340 g/mol. The molecule has 2 aromatic rings. The summed E-state index contributed by atoms with van der Waals surface area (Å²) in [4.78, 5) is 17.4. The van der Waals surface area contributed by atoms with Gasteiger partial charge in [0.25, 0.3) is 0 Å². The summed E-state index contributed by atoms with van der Waals surface area (Å²) in [5.41, 5.74) is 3.64. The Morgan fingerprint density at radius 3 is 2.54 bits per heavy atom. The SMILES string of the molecule is Cc1cccc(NC(=O)Cc2nc(C34CC5CC(CC(C5)C3)C4)cs2)c1. The zero-order valence-electron chi connectivity index (χ0n) is 15.3. The van der Waals surface area contributed by atoms with Crippen LogP contribution >= 0.6 is 11.3 Å². The average Bonchev–Trinajstić information content (AvgIpc) is 3.02. The highest BCUT2D eigenvalue weighted by molar-refractivity contribution is 7.09. The van der Waals surface area contributed by atoms with Gasteiger partial charge in [-0.05, 0) is 80.9 Å². The number of aryl methyl sites for hydroxylation is 1. The lowest BCUT2D eigenvalue weighted by atomic mass is 9.49. The van der Waals surface area contributed by atoms with Crippen molar-refractivity contribution in [2.75, 3.05) is 5.32 Å². The lowest BCUT2D eigenvalue weighted by molar-refractivity contribution is -0.115. The fourth-order valence-electron chi connectivity index (χ4n) is 6.13. The van der Waals surface area contributed by atoms with E-state index >= 15 is 0 Å². The molecule has 1 aromatic heterocycles. The van der Waals surface area contributed by atoms with Gasteiger partial charge in [-0.3, -0.25) is 4.79 Å². The molecule has 26 heavy (non-hydrogen) atoms. The van der Waals surface area contributed by atoms with Crippen LogP contribution in [0.5, 0.6) is 0 Å². The smallest absolute Gasteiger partial charge is 0.231 e. The summed E-state index contributed by atoms with van der Waals surface area (Å²) in [5, 5.41) is 6.22. The molecule has 4 aliphatic rings. The largest absolute Gasteiger partial charge is 0.326 e. The van der Waals surface area contributed by atoms with Gasteiger partial charge in [0.15, 0.2) is 0 Å². The number of hydrogen-bond acceptors (Lipinski definition) is 3. The van der Waals surface area contributed by atoms with Gasteiger partial charge in [0.2, 0.25) is 5.91 Å². The highest BCUT2D eigenvalue weighted by Crippen LogP contribution is 2.60. The quantitative estimate of drug-likeness (QED) is 0.818. The van der Waals surface area contributed by atoms with E-state index in [1.54, 1.807) is 11.3 Å². The number of nitrogens with zero attached hydrogens (tertiary/aromatic N) is 1. The van der Waals surface area contributed by atoms with Gasteiger partial charge in [-0.2, -0.15) is 0 Å². The Morgan fingerprint density at radius 1 is 1.19 bits per heavy atom. The second-order valence-electron chi connectivity index (χ2n) is 8.92. The van der Waals surface area contributed by atoms with Crippen molar-refractivity contribution in [1.29, 1.82) is 0 Å². The molecule has 1 amide bonds. The van der Waals surface area contributed by atoms with Crippen LogP contribution in [0.4, 0.5) is 5.69 Å². The number of aromatic nitrogens is 1. The molecule has 4 saturated carbocycles. The first-order valence-corrected chi connectivity index (χ1v) is 10.8. The highest BCUT2D eigenvalue weighted by atomic mass is 32.1. The Hall–Kier alpha value is -1.68. The molecule has 0 radical (unpaired) electrons. The van der Waals surface area contributed by atoms with Crippen molar-refractivity contribution in [2.24, 2.45) is 17.8 Å². The second-order valence-corrected chi connectivity index (χ2v) is 9.86. The Morgan fingerprint density at radius 2 is 1.88 bits per heavy atom. The number of rotatable bonds is 4. The summed E-state index contributed by atoms with van der Waals surface area (Å²) < 4.78 is 0. The van der Waals surface area contributed by atoms with Crippen molar-refractivity contribution >= 4 is 22.9 Å². The molecule has 0 aliphatic heterocycles. The molecule has 0 spiro atoms. The molecule has 1 heterocycles. The molecule has 0 atom stereocenters. The zero-order valence-corrected chi connectivity index (χ0v) is 16.1. The number of hydrogen-bond donors (Lipinski definition) is 1. The molecule has 0 unspecified atom stereocenters. The molecule has 136 valence electrons. The van der Waals surface area contributed by atoms with E-state index in [-0.39, 0.29) is 5.91 Å². The molecule has 1 N–H and O–H groups in total. The minimum absolute atomic E-state index is 0.0296. The summed E-state index contributed by atoms with van der Waals surface area (Å²) >= 11 is 1.67. The van der Waals surface area contributed by atoms with Crippen LogP contribution in [0.1, 0.15) is 54.8 Å². The minimum atomic E-state index is 0.0296. The monoisotopic (exact) mass is 366 g/mol. The van der Waals surface area contributed by atoms with Gasteiger partial charge >= 0.3 is 0 Å². The van der Waals surface area contributed by atoms with E-state index in [1.165, 1.54) is 44.2 Å². The van der Waals surface area contributed by atoms with Gasteiger partial charge in [-0.25, -0.2) is 4.98 Å². The van der Waals surface area contributed by atoms with Crippen molar-refractivity contribution in [3.8, 4) is 0 Å². The number of anilines is 1. The maximum absolute atomic E-state index is 12.4. The molecule has 4 bridgehead atoms. The molecule has 6 rings (SSSR count). The minimum Gasteiger partial charge on any atom is -0.326 e. The van der Waals surface area contributed by atoms with E-state index in [1.807, 2.05) is 31.2 Å². The van der Waals surface area contributed by atoms with Gasteiger partial charge in [0.1, 0.15) is 5.01 Å². The standard InChI is InChI=1S/C22H26N2OS/c1-14-3-2-4-18(5-14)23-20(25)9-21-24-19(13-26-21)22-10-15-6-16(11-22)8-17(7-15)12-22/h2-5,13,15-17H,6-12H2,1H3,(H,23,25). The first-order chi connectivity index (χ1) is 12.6. The summed E-state index contributed by atoms with van der Waals surface area (Å²) in [6.07, 6.45) is 8.73. The van der Waals surface area contributed by atoms with E-state index in [2.05, 4.69) is 10.7 Å². The van der Waals surface area contributed by atoms with Crippen LogP contribution in [0.3, 0.4) is 0 Å². The molecule has 3 nitrogen and oxygen atoms in total. The normalized spacial score (nSPS) is 32.0. The van der Waals surface area contributed by atoms with E-state index in [9.17, 15) is 4.79 Å². The number of amides is 1. The van der Waals surface area contributed by atoms with Crippen LogP contribution in [0.2, 0.25) is 0 Å². The van der Waals surface area contributed by atoms with Crippen LogP contribution in [-0.2, 0) is 16.6 Å². The second kappa shape index (κ2) is 6.19. The van der Waals surface area contributed by atoms with Crippen LogP contribution in [0.25, 0.3) is 0 Å². The summed E-state index contributed by atoms with van der Waals surface area (Å²) in [5.74, 6) is 2.81. The number of thiazole rings is 1. The molecule has 4 fully saturated rings. The molecule has 0 saturated heterocycles. The summed E-state index contributed by atoms with van der Waals surface area (Å²) in [6, 6.07) is 7.95.